The molecule has 2 heterocycles. The Morgan fingerprint density at radius 3 is 2.42 bits per heavy atom. The van der Waals surface area contributed by atoms with Crippen molar-refractivity contribution < 1.29 is 36.2 Å². The van der Waals surface area contributed by atoms with Crippen LogP contribution >= 0.6 is 11.6 Å². The minimum atomic E-state index is -4.56. The Hall–Kier alpha value is -4.22. The smallest absolute Gasteiger partial charge is 0.409 e. The Morgan fingerprint density at radius 1 is 0.950 bits per heavy atom. The molecule has 40 heavy (non-hydrogen) atoms. The first kappa shape index (κ1) is 27.4. The Labute approximate surface area is 229 Å². The fourth-order valence-electron chi connectivity index (χ4n) is 4.44. The van der Waals surface area contributed by atoms with Crippen LogP contribution in [0.15, 0.2) is 91.1 Å². The summed E-state index contributed by atoms with van der Waals surface area (Å²) < 4.78 is 78.6. The van der Waals surface area contributed by atoms with Gasteiger partial charge in [-0.3, -0.25) is 4.98 Å². The predicted octanol–water partition coefficient (Wildman–Crippen LogP) is 7.19. The first-order valence-electron chi connectivity index (χ1n) is 11.8. The molecule has 1 atom stereocenters. The molecule has 2 N–H and O–H groups in total. The Bertz CT molecular complexity index is 1540. The van der Waals surface area contributed by atoms with Gasteiger partial charge in [0, 0.05) is 18.3 Å². The summed E-state index contributed by atoms with van der Waals surface area (Å²) >= 11 is 6.05. The zero-order chi connectivity index (χ0) is 28.5. The lowest BCUT2D eigenvalue weighted by Crippen LogP contribution is -2.51. The van der Waals surface area contributed by atoms with E-state index < -0.39 is 41.1 Å². The van der Waals surface area contributed by atoms with Crippen LogP contribution in [0.2, 0.25) is 5.02 Å². The van der Waals surface area contributed by atoms with Crippen molar-refractivity contribution in [1.82, 2.24) is 10.3 Å². The number of fused-ring (bicyclic) bond motifs is 1. The van der Waals surface area contributed by atoms with Crippen LogP contribution in [0.4, 0.5) is 32.4 Å². The van der Waals surface area contributed by atoms with Crippen molar-refractivity contribution >= 4 is 23.3 Å². The van der Waals surface area contributed by atoms with Gasteiger partial charge in [-0.05, 0) is 53.6 Å². The maximum atomic E-state index is 14.8. The molecule has 0 spiro atoms. The molecule has 0 saturated carbocycles. The predicted molar refractivity (Wildman–Crippen MR) is 136 cm³/mol. The molecule has 0 fully saturated rings. The van der Waals surface area contributed by atoms with Crippen LogP contribution in [0, 0.1) is 5.82 Å². The van der Waals surface area contributed by atoms with Crippen LogP contribution in [0.3, 0.4) is 0 Å². The highest BCUT2D eigenvalue weighted by Gasteiger charge is 2.55. The number of alkyl halides is 4. The van der Waals surface area contributed by atoms with Crippen LogP contribution < -0.4 is 15.4 Å². The molecule has 0 radical (unpaired) electrons. The van der Waals surface area contributed by atoms with Crippen LogP contribution in [0.5, 0.6) is 5.75 Å². The highest BCUT2D eigenvalue weighted by molar-refractivity contribution is 6.30. The molecule has 0 saturated heterocycles. The summed E-state index contributed by atoms with van der Waals surface area (Å²) in [7, 11) is 0. The van der Waals surface area contributed by atoms with Crippen molar-refractivity contribution in [3.63, 3.8) is 0 Å². The van der Waals surface area contributed by atoms with E-state index in [9.17, 15) is 26.7 Å². The maximum absolute atomic E-state index is 14.8. The second-order valence-electron chi connectivity index (χ2n) is 8.91. The Balaban J connectivity index is 1.67. The zero-order valence-corrected chi connectivity index (χ0v) is 21.1. The summed E-state index contributed by atoms with van der Waals surface area (Å²) in [5, 5.41) is 5.59. The van der Waals surface area contributed by atoms with Gasteiger partial charge >= 0.3 is 18.4 Å². The number of aromatic nitrogens is 1. The largest absolute Gasteiger partial charge is 0.540 e. The fourth-order valence-corrected chi connectivity index (χ4v) is 4.55. The normalized spacial score (nSPS) is 16.6. The number of urea groups is 1. The van der Waals surface area contributed by atoms with E-state index in [-0.39, 0.29) is 28.4 Å². The van der Waals surface area contributed by atoms with E-state index in [1.165, 1.54) is 42.6 Å². The molecule has 4 aromatic rings. The van der Waals surface area contributed by atoms with Crippen molar-refractivity contribution in [2.75, 3.05) is 5.32 Å². The number of nitrogens with one attached hydrogen (secondary N) is 2. The quantitative estimate of drug-likeness (QED) is 0.239. The number of hydrogen-bond acceptors (Lipinski definition) is 4. The van der Waals surface area contributed by atoms with Gasteiger partial charge in [0.1, 0.15) is 17.1 Å². The van der Waals surface area contributed by atoms with Crippen molar-refractivity contribution in [1.29, 1.82) is 0 Å². The summed E-state index contributed by atoms with van der Waals surface area (Å²) in [6.45, 7) is 0. The molecule has 12 heteroatoms. The first-order chi connectivity index (χ1) is 19.0. The fraction of sp³-hybridized carbons (Fsp3) is 0.143. The summed E-state index contributed by atoms with van der Waals surface area (Å²) in [4.78, 5) is 17.7. The number of halogens is 6. The molecule has 0 aliphatic carbocycles. The molecule has 3 aromatic carbocycles. The number of pyridine rings is 1. The topological polar surface area (TPSA) is 72.5 Å². The molecule has 1 aliphatic heterocycles. The van der Waals surface area contributed by atoms with E-state index in [1.807, 2.05) is 0 Å². The van der Waals surface area contributed by atoms with Crippen LogP contribution in [0.1, 0.15) is 22.4 Å². The first-order valence-corrected chi connectivity index (χ1v) is 12.1. The third-order valence-corrected chi connectivity index (χ3v) is 6.37. The lowest BCUT2D eigenvalue weighted by Gasteiger charge is -2.37. The van der Waals surface area contributed by atoms with Gasteiger partial charge in [-0.15, -0.1) is 8.78 Å². The number of anilines is 1. The minimum absolute atomic E-state index is 0.0265. The van der Waals surface area contributed by atoms with Gasteiger partial charge in [0.25, 0.3) is 0 Å². The Kier molecular flexibility index (Phi) is 7.11. The highest BCUT2D eigenvalue weighted by atomic mass is 35.5. The SMILES string of the molecule is O=C(Nc1cccc(F)c1)NC(Cc1ccccc1)(c1ccc2c(c1)C(F)(F)OC(F)(F)O2)c1ccc(Cl)cn1. The van der Waals surface area contributed by atoms with Gasteiger partial charge in [0.05, 0.1) is 16.3 Å². The molecular formula is C28H19ClF5N3O3. The van der Waals surface area contributed by atoms with Gasteiger partial charge in [-0.25, -0.2) is 13.9 Å². The average molecular weight is 576 g/mol. The van der Waals surface area contributed by atoms with E-state index in [1.54, 1.807) is 30.3 Å². The number of benzene rings is 3. The molecular weight excluding hydrogens is 557 g/mol. The van der Waals surface area contributed by atoms with E-state index in [0.717, 1.165) is 18.2 Å². The van der Waals surface area contributed by atoms with E-state index >= 15 is 0 Å². The van der Waals surface area contributed by atoms with Gasteiger partial charge < -0.3 is 15.4 Å². The van der Waals surface area contributed by atoms with E-state index in [4.69, 9.17) is 11.6 Å². The van der Waals surface area contributed by atoms with E-state index in [0.29, 0.717) is 5.56 Å². The molecule has 206 valence electrons. The number of amides is 2. The molecule has 1 aromatic heterocycles. The molecule has 2 amide bonds. The number of carbonyl (C=O) groups is 1. The van der Waals surface area contributed by atoms with E-state index in [2.05, 4.69) is 25.1 Å². The number of nitrogens with zero attached hydrogens (tertiary/aromatic N) is 1. The summed E-state index contributed by atoms with van der Waals surface area (Å²) in [5.41, 5.74) is -1.65. The third kappa shape index (κ3) is 5.70. The Morgan fingerprint density at radius 2 is 1.73 bits per heavy atom. The summed E-state index contributed by atoms with van der Waals surface area (Å²) in [6, 6.07) is 19.2. The lowest BCUT2D eigenvalue weighted by atomic mass is 9.79. The zero-order valence-electron chi connectivity index (χ0n) is 20.3. The minimum Gasteiger partial charge on any atom is -0.409 e. The summed E-state index contributed by atoms with van der Waals surface area (Å²) in [5.74, 6) is -1.40. The van der Waals surface area contributed by atoms with Crippen molar-refractivity contribution in [2.24, 2.45) is 0 Å². The van der Waals surface area contributed by atoms with Crippen LogP contribution in [-0.4, -0.2) is 17.3 Å². The third-order valence-electron chi connectivity index (χ3n) is 6.15. The molecule has 1 unspecified atom stereocenters. The standard InChI is InChI=1S/C28H19ClF5N3O3/c29-19-10-12-24(35-16-19)26(15-17-5-2-1-3-6-17,37-25(38)36-21-8-4-7-20(30)14-21)18-9-11-23-22(13-18)27(31,32)40-28(33,34)39-23/h1-14,16H,15H2,(H2,36,37,38). The van der Waals surface area contributed by atoms with Crippen molar-refractivity contribution in [3.8, 4) is 5.75 Å². The second kappa shape index (κ2) is 10.4. The molecule has 6 nitrogen and oxygen atoms in total. The molecule has 5 rings (SSSR count). The number of carbonyl (C=O) groups excluding carboxylic acids is 1. The van der Waals surface area contributed by atoms with Crippen LogP contribution in [-0.2, 0) is 22.8 Å². The van der Waals surface area contributed by atoms with Crippen molar-refractivity contribution in [2.45, 2.75) is 24.4 Å². The monoisotopic (exact) mass is 575 g/mol. The summed E-state index contributed by atoms with van der Waals surface area (Å²) in [6.07, 6.45) is -7.70. The lowest BCUT2D eigenvalue weighted by molar-refractivity contribution is -0.461. The average Bonchev–Trinajstić information content (AvgIpc) is 2.88. The molecule has 0 bridgehead atoms. The van der Waals surface area contributed by atoms with Gasteiger partial charge in [-0.2, -0.15) is 8.78 Å². The number of ether oxygens (including phenoxy) is 2. The number of rotatable bonds is 6. The van der Waals surface area contributed by atoms with Gasteiger partial charge in [-0.1, -0.05) is 54.1 Å². The maximum Gasteiger partial charge on any atom is 0.540 e. The second-order valence-corrected chi connectivity index (χ2v) is 9.35. The van der Waals surface area contributed by atoms with Crippen LogP contribution in [0.25, 0.3) is 0 Å². The highest BCUT2D eigenvalue weighted by Crippen LogP contribution is 2.48. The van der Waals surface area contributed by atoms with Gasteiger partial charge in [0.15, 0.2) is 0 Å². The van der Waals surface area contributed by atoms with Gasteiger partial charge in [0.2, 0.25) is 0 Å². The molecule has 1 aliphatic rings. The number of hydrogen-bond donors (Lipinski definition) is 2. The van der Waals surface area contributed by atoms with Crippen molar-refractivity contribution in [3.05, 3.63) is 124 Å².